The highest BCUT2D eigenvalue weighted by Crippen LogP contribution is 2.34. The molecule has 2 atom stereocenters. The maximum atomic E-state index is 9.02. The minimum atomic E-state index is -0.123. The van der Waals surface area contributed by atoms with Crippen LogP contribution < -0.4 is 15.4 Å². The highest BCUT2D eigenvalue weighted by atomic mass is 16.5. The van der Waals surface area contributed by atoms with E-state index < -0.39 is 0 Å². The molecule has 2 N–H and O–H groups in total. The van der Waals surface area contributed by atoms with E-state index in [1.165, 1.54) is 16.7 Å². The van der Waals surface area contributed by atoms with Crippen molar-refractivity contribution in [2.45, 2.75) is 25.5 Å². The molecule has 1 aliphatic heterocycles. The second kappa shape index (κ2) is 10.00. The van der Waals surface area contributed by atoms with Gasteiger partial charge in [-0.25, -0.2) is 4.98 Å². The van der Waals surface area contributed by atoms with Gasteiger partial charge in [0.05, 0.1) is 36.1 Å². The van der Waals surface area contributed by atoms with Crippen molar-refractivity contribution >= 4 is 5.69 Å². The highest BCUT2D eigenvalue weighted by Gasteiger charge is 2.29. The van der Waals surface area contributed by atoms with Gasteiger partial charge in [-0.05, 0) is 49.2 Å². The van der Waals surface area contributed by atoms with E-state index in [0.717, 1.165) is 29.8 Å². The fourth-order valence-electron chi connectivity index (χ4n) is 4.43. The standard InChI is InChI=1S/C28H28N6O/c1-19-4-3-5-22(12-19)27(30-11-10-20-6-8-21(14-29)9-7-20)26-17-31-25-13-23(15-32-28(25)35-26)24-16-33-34(2)18-24/h3-9,12-13,15-16,18,26-27,30-31H,10-11,17H2,1-2H3/t26-,27+/m0/s1. The molecule has 7 heteroatoms. The van der Waals surface area contributed by atoms with Crippen molar-refractivity contribution in [3.05, 3.63) is 95.4 Å². The Kier molecular flexibility index (Phi) is 6.47. The summed E-state index contributed by atoms with van der Waals surface area (Å²) in [7, 11) is 1.90. The molecule has 7 nitrogen and oxygen atoms in total. The van der Waals surface area contributed by atoms with Crippen LogP contribution in [-0.2, 0) is 13.5 Å². The lowest BCUT2D eigenvalue weighted by atomic mass is 9.98. The fraction of sp³-hybridized carbons (Fsp3) is 0.250. The van der Waals surface area contributed by atoms with Crippen LogP contribution in [-0.4, -0.2) is 34.0 Å². The van der Waals surface area contributed by atoms with Crippen molar-refractivity contribution in [2.75, 3.05) is 18.4 Å². The Morgan fingerprint density at radius 3 is 2.77 bits per heavy atom. The fourth-order valence-corrected chi connectivity index (χ4v) is 4.43. The number of nitriles is 1. The van der Waals surface area contributed by atoms with E-state index in [0.29, 0.717) is 18.0 Å². The summed E-state index contributed by atoms with van der Waals surface area (Å²) in [6, 6.07) is 20.5. The maximum absolute atomic E-state index is 9.02. The molecule has 176 valence electrons. The van der Waals surface area contributed by atoms with E-state index in [2.05, 4.69) is 64.0 Å². The molecule has 0 aliphatic carbocycles. The molecule has 0 saturated heterocycles. The summed E-state index contributed by atoms with van der Waals surface area (Å²) < 4.78 is 8.21. The molecule has 0 amide bonds. The SMILES string of the molecule is Cc1cccc([C@@H](NCCc2ccc(C#N)cc2)[C@@H]2CNc3cc(-c4cnn(C)c4)cnc3O2)c1. The Labute approximate surface area is 205 Å². The maximum Gasteiger partial charge on any atom is 0.237 e. The molecule has 0 unspecified atom stereocenters. The van der Waals surface area contributed by atoms with Crippen LogP contribution in [0.15, 0.2) is 73.2 Å². The predicted molar refractivity (Wildman–Crippen MR) is 136 cm³/mol. The molecule has 2 aromatic heterocycles. The van der Waals surface area contributed by atoms with Gasteiger partial charge in [0.25, 0.3) is 0 Å². The van der Waals surface area contributed by atoms with E-state index in [9.17, 15) is 0 Å². The van der Waals surface area contributed by atoms with Crippen LogP contribution in [0, 0.1) is 18.3 Å². The van der Waals surface area contributed by atoms with Crippen LogP contribution in [0.3, 0.4) is 0 Å². The number of aryl methyl sites for hydroxylation is 2. The van der Waals surface area contributed by atoms with Crippen LogP contribution in [0.25, 0.3) is 11.1 Å². The van der Waals surface area contributed by atoms with E-state index >= 15 is 0 Å². The average molecular weight is 465 g/mol. The summed E-state index contributed by atoms with van der Waals surface area (Å²) in [5.74, 6) is 0.612. The summed E-state index contributed by atoms with van der Waals surface area (Å²) in [4.78, 5) is 4.62. The largest absolute Gasteiger partial charge is 0.469 e. The van der Waals surface area contributed by atoms with Crippen molar-refractivity contribution in [1.29, 1.82) is 5.26 Å². The van der Waals surface area contributed by atoms with Gasteiger partial charge in [0.1, 0.15) is 6.10 Å². The quantitative estimate of drug-likeness (QED) is 0.421. The molecule has 5 rings (SSSR count). The molecular formula is C28H28N6O. The highest BCUT2D eigenvalue weighted by molar-refractivity contribution is 5.69. The van der Waals surface area contributed by atoms with Gasteiger partial charge in [-0.15, -0.1) is 0 Å². The lowest BCUT2D eigenvalue weighted by molar-refractivity contribution is 0.150. The predicted octanol–water partition coefficient (Wildman–Crippen LogP) is 4.41. The lowest BCUT2D eigenvalue weighted by Crippen LogP contribution is -2.43. The van der Waals surface area contributed by atoms with Gasteiger partial charge in [-0.1, -0.05) is 42.0 Å². The third-order valence-corrected chi connectivity index (χ3v) is 6.28. The summed E-state index contributed by atoms with van der Waals surface area (Å²) in [5, 5.41) is 20.5. The topological polar surface area (TPSA) is 87.8 Å². The molecule has 1 aliphatic rings. The van der Waals surface area contributed by atoms with Crippen molar-refractivity contribution in [2.24, 2.45) is 7.05 Å². The van der Waals surface area contributed by atoms with Crippen LogP contribution >= 0.6 is 0 Å². The first-order chi connectivity index (χ1) is 17.1. The summed E-state index contributed by atoms with van der Waals surface area (Å²) in [6.45, 7) is 3.55. The number of benzene rings is 2. The molecule has 2 aromatic carbocycles. The Hall–Kier alpha value is -4.15. The molecule has 0 bridgehead atoms. The van der Waals surface area contributed by atoms with Crippen LogP contribution in [0.1, 0.15) is 28.3 Å². The van der Waals surface area contributed by atoms with Gasteiger partial charge in [-0.3, -0.25) is 4.68 Å². The Balaban J connectivity index is 1.32. The molecule has 0 spiro atoms. The van der Waals surface area contributed by atoms with E-state index in [1.54, 1.807) is 4.68 Å². The normalized spacial score (nSPS) is 15.4. The number of fused-ring (bicyclic) bond motifs is 1. The molecule has 3 heterocycles. The minimum absolute atomic E-state index is 0.00580. The molecule has 4 aromatic rings. The second-order valence-electron chi connectivity index (χ2n) is 8.92. The lowest BCUT2D eigenvalue weighted by Gasteiger charge is -2.33. The monoisotopic (exact) mass is 464 g/mol. The van der Waals surface area contributed by atoms with Crippen LogP contribution in [0.4, 0.5) is 5.69 Å². The smallest absolute Gasteiger partial charge is 0.237 e. The van der Waals surface area contributed by atoms with E-state index in [4.69, 9.17) is 10.00 Å². The second-order valence-corrected chi connectivity index (χ2v) is 8.92. The molecule has 0 radical (unpaired) electrons. The number of hydrogen-bond acceptors (Lipinski definition) is 6. The Bertz CT molecular complexity index is 1350. The average Bonchev–Trinajstić information content (AvgIpc) is 3.32. The number of rotatable bonds is 7. The number of nitrogens with one attached hydrogen (secondary N) is 2. The number of anilines is 1. The van der Waals surface area contributed by atoms with E-state index in [1.807, 2.05) is 49.9 Å². The summed E-state index contributed by atoms with van der Waals surface area (Å²) in [5.41, 5.74) is 7.19. The number of hydrogen-bond donors (Lipinski definition) is 2. The number of aromatic nitrogens is 3. The minimum Gasteiger partial charge on any atom is -0.469 e. The number of nitrogens with zero attached hydrogens (tertiary/aromatic N) is 4. The summed E-state index contributed by atoms with van der Waals surface area (Å²) >= 11 is 0. The Morgan fingerprint density at radius 2 is 2.03 bits per heavy atom. The van der Waals surface area contributed by atoms with Crippen molar-refractivity contribution in [1.82, 2.24) is 20.1 Å². The zero-order valence-electron chi connectivity index (χ0n) is 19.9. The zero-order chi connectivity index (χ0) is 24.2. The van der Waals surface area contributed by atoms with Gasteiger partial charge in [0, 0.05) is 30.6 Å². The summed E-state index contributed by atoms with van der Waals surface area (Å²) in [6.07, 6.45) is 6.38. The van der Waals surface area contributed by atoms with E-state index in [-0.39, 0.29) is 12.1 Å². The third kappa shape index (κ3) is 5.18. The first kappa shape index (κ1) is 22.6. The Morgan fingerprint density at radius 1 is 1.17 bits per heavy atom. The molecule has 0 saturated carbocycles. The van der Waals surface area contributed by atoms with Crippen LogP contribution in [0.5, 0.6) is 5.88 Å². The molecule has 0 fully saturated rings. The van der Waals surface area contributed by atoms with Crippen molar-refractivity contribution < 1.29 is 4.74 Å². The van der Waals surface area contributed by atoms with Crippen molar-refractivity contribution in [3.63, 3.8) is 0 Å². The first-order valence-electron chi connectivity index (χ1n) is 11.8. The number of ether oxygens (including phenoxy) is 1. The number of pyridine rings is 1. The zero-order valence-corrected chi connectivity index (χ0v) is 19.9. The van der Waals surface area contributed by atoms with Gasteiger partial charge in [-0.2, -0.15) is 10.4 Å². The first-order valence-corrected chi connectivity index (χ1v) is 11.8. The van der Waals surface area contributed by atoms with Gasteiger partial charge >= 0.3 is 0 Å². The van der Waals surface area contributed by atoms with Crippen molar-refractivity contribution in [3.8, 4) is 23.1 Å². The van der Waals surface area contributed by atoms with Gasteiger partial charge in [0.15, 0.2) is 0 Å². The molecule has 35 heavy (non-hydrogen) atoms. The molecular weight excluding hydrogens is 436 g/mol. The van der Waals surface area contributed by atoms with Gasteiger partial charge < -0.3 is 15.4 Å². The van der Waals surface area contributed by atoms with Gasteiger partial charge in [0.2, 0.25) is 5.88 Å². The van der Waals surface area contributed by atoms with Crippen LogP contribution in [0.2, 0.25) is 0 Å². The third-order valence-electron chi connectivity index (χ3n) is 6.28.